The van der Waals surface area contributed by atoms with Gasteiger partial charge in [0.15, 0.2) is 16.9 Å². The molecule has 3 rings (SSSR count). The zero-order valence-corrected chi connectivity index (χ0v) is 19.9. The summed E-state index contributed by atoms with van der Waals surface area (Å²) in [5.74, 6) is -1.02. The van der Waals surface area contributed by atoms with Gasteiger partial charge in [-0.1, -0.05) is 26.7 Å². The van der Waals surface area contributed by atoms with E-state index in [1.54, 1.807) is 24.7 Å². The van der Waals surface area contributed by atoms with E-state index in [2.05, 4.69) is 16.9 Å². The molecule has 0 aromatic carbocycles. The molecule has 10 heteroatoms. The molecule has 3 aromatic heterocycles. The highest BCUT2D eigenvalue weighted by molar-refractivity contribution is 6.01. The molecule has 0 aliphatic carbocycles. The number of esters is 1. The van der Waals surface area contributed by atoms with Crippen molar-refractivity contribution in [2.45, 2.75) is 73.0 Å². The molecule has 0 radical (unpaired) electrons. The predicted octanol–water partition coefficient (Wildman–Crippen LogP) is 2.57. The Labute approximate surface area is 191 Å². The number of rotatable bonds is 10. The predicted molar refractivity (Wildman–Crippen MR) is 124 cm³/mol. The van der Waals surface area contributed by atoms with Crippen molar-refractivity contribution in [3.63, 3.8) is 0 Å². The lowest BCUT2D eigenvalue weighted by molar-refractivity contribution is 0.0599. The molecule has 0 unspecified atom stereocenters. The van der Waals surface area contributed by atoms with E-state index < -0.39 is 29.5 Å². The second-order valence-corrected chi connectivity index (χ2v) is 8.18. The monoisotopic (exact) mass is 457 g/mol. The summed E-state index contributed by atoms with van der Waals surface area (Å²) in [6.07, 6.45) is 4.97. The van der Waals surface area contributed by atoms with Gasteiger partial charge in [-0.2, -0.15) is 0 Å². The third-order valence-electron chi connectivity index (χ3n) is 5.88. The fourth-order valence-corrected chi connectivity index (χ4v) is 4.05. The van der Waals surface area contributed by atoms with Gasteiger partial charge in [-0.3, -0.25) is 18.7 Å². The average molecular weight is 458 g/mol. The van der Waals surface area contributed by atoms with Crippen LogP contribution in [-0.4, -0.2) is 42.5 Å². The largest absolute Gasteiger partial charge is 0.465 e. The number of H-pyrrole nitrogens is 1. The molecule has 3 heterocycles. The Bertz CT molecular complexity index is 1310. The Hall–Kier alpha value is -3.43. The minimum atomic E-state index is -0.566. The van der Waals surface area contributed by atoms with Gasteiger partial charge in [-0.15, -0.1) is 0 Å². The summed E-state index contributed by atoms with van der Waals surface area (Å²) in [4.78, 5) is 59.1. The number of ketones is 1. The van der Waals surface area contributed by atoms with Crippen LogP contribution >= 0.6 is 0 Å². The molecule has 0 atom stereocenters. The third kappa shape index (κ3) is 4.42. The molecule has 33 heavy (non-hydrogen) atoms. The molecular weight excluding hydrogens is 426 g/mol. The Morgan fingerprint density at radius 2 is 1.73 bits per heavy atom. The Morgan fingerprint density at radius 3 is 2.36 bits per heavy atom. The van der Waals surface area contributed by atoms with E-state index in [0.717, 1.165) is 30.3 Å². The fourth-order valence-electron chi connectivity index (χ4n) is 4.05. The van der Waals surface area contributed by atoms with Crippen molar-refractivity contribution in [3.05, 3.63) is 49.7 Å². The molecule has 0 fully saturated rings. The molecule has 0 amide bonds. The molecule has 0 spiro atoms. The first-order chi connectivity index (χ1) is 15.8. The summed E-state index contributed by atoms with van der Waals surface area (Å²) in [5.41, 5.74) is 0.935. The van der Waals surface area contributed by atoms with Crippen LogP contribution in [0.2, 0.25) is 0 Å². The van der Waals surface area contributed by atoms with E-state index in [9.17, 15) is 19.2 Å². The van der Waals surface area contributed by atoms with E-state index >= 15 is 0 Å². The number of carbonyl (C=O) groups excluding carboxylic acids is 2. The van der Waals surface area contributed by atoms with Crippen LogP contribution in [-0.2, 0) is 24.4 Å². The van der Waals surface area contributed by atoms with Crippen molar-refractivity contribution in [3.8, 4) is 0 Å². The number of hydrogen-bond donors (Lipinski definition) is 1. The zero-order valence-electron chi connectivity index (χ0n) is 19.9. The van der Waals surface area contributed by atoms with E-state index in [4.69, 9.17) is 4.74 Å². The van der Waals surface area contributed by atoms with E-state index in [0.29, 0.717) is 35.5 Å². The molecule has 0 saturated carbocycles. The lowest BCUT2D eigenvalue weighted by Gasteiger charge is -2.12. The SMILES string of the molecule is CCCCn1cnc2c1c(=O)n(CC(=O)c1[nH]c(C)c(C(=O)OC)c1C)c(=O)n2CCCC. The molecular formula is C23H31N5O5. The number of nitrogens with zero attached hydrogens (tertiary/aromatic N) is 4. The number of ether oxygens (including phenoxy) is 1. The lowest BCUT2D eigenvalue weighted by atomic mass is 10.1. The normalized spacial score (nSPS) is 11.3. The summed E-state index contributed by atoms with van der Waals surface area (Å²) in [7, 11) is 1.27. The number of aromatic nitrogens is 5. The van der Waals surface area contributed by atoms with Crippen molar-refractivity contribution in [2.75, 3.05) is 7.11 Å². The average Bonchev–Trinajstić information content (AvgIpc) is 3.35. The van der Waals surface area contributed by atoms with E-state index in [1.165, 1.54) is 11.7 Å². The van der Waals surface area contributed by atoms with Gasteiger partial charge in [0.05, 0.1) is 31.2 Å². The van der Waals surface area contributed by atoms with Crippen LogP contribution in [0.1, 0.15) is 71.6 Å². The zero-order chi connectivity index (χ0) is 24.3. The number of nitrogens with one attached hydrogen (secondary N) is 1. The van der Waals surface area contributed by atoms with Crippen molar-refractivity contribution in [2.24, 2.45) is 0 Å². The first kappa shape index (κ1) is 24.2. The smallest absolute Gasteiger partial charge is 0.339 e. The van der Waals surface area contributed by atoms with Gasteiger partial charge in [-0.25, -0.2) is 14.6 Å². The standard InChI is InChI=1S/C23H31N5O5/c1-6-8-10-26-13-24-20-19(26)21(30)28(23(32)27(20)11-9-7-2)12-16(29)18-14(3)17(15(4)25-18)22(31)33-5/h13,25H,6-12H2,1-5H3. The minimum Gasteiger partial charge on any atom is -0.465 e. The highest BCUT2D eigenvalue weighted by atomic mass is 16.5. The van der Waals surface area contributed by atoms with Crippen LogP contribution < -0.4 is 11.2 Å². The van der Waals surface area contributed by atoms with Gasteiger partial charge in [0.2, 0.25) is 0 Å². The molecule has 3 aromatic rings. The van der Waals surface area contributed by atoms with Crippen molar-refractivity contribution < 1.29 is 14.3 Å². The highest BCUT2D eigenvalue weighted by Crippen LogP contribution is 2.19. The first-order valence-corrected chi connectivity index (χ1v) is 11.3. The lowest BCUT2D eigenvalue weighted by Crippen LogP contribution is -2.42. The van der Waals surface area contributed by atoms with Gasteiger partial charge >= 0.3 is 11.7 Å². The number of aryl methyl sites for hydroxylation is 3. The molecule has 0 bridgehead atoms. The van der Waals surface area contributed by atoms with Crippen LogP contribution in [0.15, 0.2) is 15.9 Å². The van der Waals surface area contributed by atoms with Crippen LogP contribution in [0.25, 0.3) is 11.2 Å². The van der Waals surface area contributed by atoms with Crippen LogP contribution in [0.3, 0.4) is 0 Å². The topological polar surface area (TPSA) is 121 Å². The van der Waals surface area contributed by atoms with Crippen molar-refractivity contribution in [1.82, 2.24) is 23.7 Å². The Kier molecular flexibility index (Phi) is 7.35. The number of hydrogen-bond acceptors (Lipinski definition) is 6. The molecule has 0 aliphatic rings. The van der Waals surface area contributed by atoms with Gasteiger partial charge in [-0.05, 0) is 32.3 Å². The summed E-state index contributed by atoms with van der Waals surface area (Å²) in [6, 6.07) is 0. The molecule has 0 saturated heterocycles. The molecule has 1 N–H and O–H groups in total. The van der Waals surface area contributed by atoms with E-state index in [1.807, 2.05) is 6.92 Å². The number of methoxy groups -OCH3 is 1. The maximum absolute atomic E-state index is 13.4. The first-order valence-electron chi connectivity index (χ1n) is 11.3. The van der Waals surface area contributed by atoms with Crippen molar-refractivity contribution >= 4 is 22.9 Å². The quantitative estimate of drug-likeness (QED) is 0.369. The van der Waals surface area contributed by atoms with Gasteiger partial charge < -0.3 is 14.3 Å². The maximum Gasteiger partial charge on any atom is 0.339 e. The Balaban J connectivity index is 2.13. The number of aromatic amines is 1. The number of Topliss-reactive ketones (excluding diaryl/α,β-unsaturated/α-hetero) is 1. The fraction of sp³-hybridized carbons (Fsp3) is 0.522. The maximum atomic E-state index is 13.4. The van der Waals surface area contributed by atoms with E-state index in [-0.39, 0.29) is 11.3 Å². The van der Waals surface area contributed by atoms with Gasteiger partial charge in [0.25, 0.3) is 5.56 Å². The third-order valence-corrected chi connectivity index (χ3v) is 5.88. The number of imidazole rings is 1. The van der Waals surface area contributed by atoms with Crippen LogP contribution in [0.4, 0.5) is 0 Å². The van der Waals surface area contributed by atoms with Gasteiger partial charge in [0.1, 0.15) is 0 Å². The van der Waals surface area contributed by atoms with Crippen LogP contribution in [0.5, 0.6) is 0 Å². The second kappa shape index (κ2) is 10.0. The number of unbranched alkanes of at least 4 members (excludes halogenated alkanes) is 2. The summed E-state index contributed by atoms with van der Waals surface area (Å²) < 4.78 is 9.00. The molecule has 0 aliphatic heterocycles. The molecule has 178 valence electrons. The number of carbonyl (C=O) groups is 2. The highest BCUT2D eigenvalue weighted by Gasteiger charge is 2.25. The summed E-state index contributed by atoms with van der Waals surface area (Å²) in [6.45, 7) is 7.91. The Morgan fingerprint density at radius 1 is 1.06 bits per heavy atom. The summed E-state index contributed by atoms with van der Waals surface area (Å²) >= 11 is 0. The molecule has 10 nitrogen and oxygen atoms in total. The number of fused-ring (bicyclic) bond motifs is 1. The minimum absolute atomic E-state index is 0.180. The second-order valence-electron chi connectivity index (χ2n) is 8.18. The van der Waals surface area contributed by atoms with Crippen LogP contribution in [0, 0.1) is 13.8 Å². The van der Waals surface area contributed by atoms with Crippen molar-refractivity contribution in [1.29, 1.82) is 0 Å². The summed E-state index contributed by atoms with van der Waals surface area (Å²) in [5, 5.41) is 0. The van der Waals surface area contributed by atoms with Gasteiger partial charge in [0, 0.05) is 18.8 Å².